The first kappa shape index (κ1) is 18.9. The van der Waals surface area contributed by atoms with E-state index in [0.717, 1.165) is 0 Å². The second-order valence-electron chi connectivity index (χ2n) is 6.56. The molecule has 1 aromatic rings. The average Bonchev–Trinajstić information content (AvgIpc) is 2.56. The predicted molar refractivity (Wildman–Crippen MR) is 94.3 cm³/mol. The van der Waals surface area contributed by atoms with E-state index < -0.39 is 4.92 Å². The summed E-state index contributed by atoms with van der Waals surface area (Å²) in [4.78, 5) is 38.3. The lowest BCUT2D eigenvalue weighted by Crippen LogP contribution is -2.51. The van der Waals surface area contributed by atoms with Gasteiger partial charge in [0, 0.05) is 49.9 Å². The molecule has 1 aliphatic rings. The number of benzene rings is 1. The SMILES string of the molecule is Cc1cc([N+](=O)[O-])ccc1NC(=O)CN1CCN(C(=O)C(C)C)CC1. The molecule has 0 bridgehead atoms. The normalized spacial score (nSPS) is 15.3. The quantitative estimate of drug-likeness (QED) is 0.645. The smallest absolute Gasteiger partial charge is 0.269 e. The Balaban J connectivity index is 1.85. The molecule has 8 heteroatoms. The van der Waals surface area contributed by atoms with E-state index in [2.05, 4.69) is 5.32 Å². The third-order valence-electron chi connectivity index (χ3n) is 4.24. The van der Waals surface area contributed by atoms with Crippen LogP contribution in [-0.4, -0.2) is 59.3 Å². The van der Waals surface area contributed by atoms with Crippen molar-refractivity contribution < 1.29 is 14.5 Å². The number of hydrogen-bond donors (Lipinski definition) is 1. The van der Waals surface area contributed by atoms with Crippen LogP contribution in [-0.2, 0) is 9.59 Å². The van der Waals surface area contributed by atoms with Crippen molar-refractivity contribution in [1.82, 2.24) is 9.80 Å². The molecular formula is C17H24N4O4. The Hall–Kier alpha value is -2.48. The minimum atomic E-state index is -0.462. The third kappa shape index (κ3) is 4.99. The number of carbonyl (C=O) groups excluding carboxylic acids is 2. The van der Waals surface area contributed by atoms with Crippen LogP contribution in [0, 0.1) is 23.0 Å². The molecule has 0 spiro atoms. The first-order chi connectivity index (χ1) is 11.8. The summed E-state index contributed by atoms with van der Waals surface area (Å²) >= 11 is 0. The fourth-order valence-electron chi connectivity index (χ4n) is 2.79. The van der Waals surface area contributed by atoms with E-state index >= 15 is 0 Å². The molecule has 1 aliphatic heterocycles. The highest BCUT2D eigenvalue weighted by atomic mass is 16.6. The topological polar surface area (TPSA) is 95.8 Å². The number of rotatable bonds is 5. The van der Waals surface area contributed by atoms with Gasteiger partial charge in [-0.15, -0.1) is 0 Å². The van der Waals surface area contributed by atoms with E-state index in [0.29, 0.717) is 37.4 Å². The summed E-state index contributed by atoms with van der Waals surface area (Å²) in [7, 11) is 0. The van der Waals surface area contributed by atoms with Gasteiger partial charge in [0.25, 0.3) is 5.69 Å². The van der Waals surface area contributed by atoms with Gasteiger partial charge in [-0.2, -0.15) is 0 Å². The van der Waals surface area contributed by atoms with E-state index in [-0.39, 0.29) is 30.0 Å². The molecule has 1 heterocycles. The van der Waals surface area contributed by atoms with Crippen molar-refractivity contribution >= 4 is 23.2 Å². The van der Waals surface area contributed by atoms with Crippen LogP contribution >= 0.6 is 0 Å². The number of carbonyl (C=O) groups is 2. The molecule has 0 radical (unpaired) electrons. The van der Waals surface area contributed by atoms with Crippen LogP contribution in [0.15, 0.2) is 18.2 Å². The molecule has 0 aliphatic carbocycles. The number of non-ortho nitro benzene ring substituents is 1. The van der Waals surface area contributed by atoms with Crippen LogP contribution < -0.4 is 5.32 Å². The van der Waals surface area contributed by atoms with E-state index in [1.807, 2.05) is 23.6 Å². The molecule has 136 valence electrons. The zero-order valence-corrected chi connectivity index (χ0v) is 14.8. The van der Waals surface area contributed by atoms with E-state index in [9.17, 15) is 19.7 Å². The van der Waals surface area contributed by atoms with E-state index in [1.54, 1.807) is 13.0 Å². The zero-order chi connectivity index (χ0) is 18.6. The molecule has 0 saturated carbocycles. The summed E-state index contributed by atoms with van der Waals surface area (Å²) in [6, 6.07) is 4.36. The van der Waals surface area contributed by atoms with Gasteiger partial charge in [0.1, 0.15) is 0 Å². The number of aryl methyl sites for hydroxylation is 1. The second kappa shape index (κ2) is 8.06. The zero-order valence-electron chi connectivity index (χ0n) is 14.8. The van der Waals surface area contributed by atoms with Gasteiger partial charge in [-0.05, 0) is 18.6 Å². The number of piperazine rings is 1. The minimum Gasteiger partial charge on any atom is -0.340 e. The van der Waals surface area contributed by atoms with Gasteiger partial charge in [-0.3, -0.25) is 24.6 Å². The molecule has 1 fully saturated rings. The van der Waals surface area contributed by atoms with Crippen molar-refractivity contribution in [3.63, 3.8) is 0 Å². The molecule has 1 N–H and O–H groups in total. The Labute approximate surface area is 146 Å². The van der Waals surface area contributed by atoms with E-state index in [1.165, 1.54) is 12.1 Å². The lowest BCUT2D eigenvalue weighted by Gasteiger charge is -2.35. The molecule has 1 aromatic carbocycles. The largest absolute Gasteiger partial charge is 0.340 e. The molecule has 2 rings (SSSR count). The fraction of sp³-hybridized carbons (Fsp3) is 0.529. The number of nitrogens with one attached hydrogen (secondary N) is 1. The number of amides is 2. The standard InChI is InChI=1S/C17H24N4O4/c1-12(2)17(23)20-8-6-19(7-9-20)11-16(22)18-15-5-4-14(21(24)25)10-13(15)3/h4-5,10,12H,6-9,11H2,1-3H3,(H,18,22). The number of hydrogen-bond acceptors (Lipinski definition) is 5. The number of nitro groups is 1. The summed E-state index contributed by atoms with van der Waals surface area (Å²) in [5.74, 6) is -0.0360. The summed E-state index contributed by atoms with van der Waals surface area (Å²) in [6.07, 6.45) is 0. The van der Waals surface area contributed by atoms with Crippen molar-refractivity contribution in [3.05, 3.63) is 33.9 Å². The predicted octanol–water partition coefficient (Wildman–Crippen LogP) is 1.64. The highest BCUT2D eigenvalue weighted by Gasteiger charge is 2.24. The average molecular weight is 348 g/mol. The van der Waals surface area contributed by atoms with Gasteiger partial charge >= 0.3 is 0 Å². The molecule has 8 nitrogen and oxygen atoms in total. The highest BCUT2D eigenvalue weighted by molar-refractivity contribution is 5.93. The second-order valence-corrected chi connectivity index (χ2v) is 6.56. The number of nitrogens with zero attached hydrogens (tertiary/aromatic N) is 3. The summed E-state index contributed by atoms with van der Waals surface area (Å²) in [6.45, 7) is 8.29. The Morgan fingerprint density at radius 2 is 1.88 bits per heavy atom. The van der Waals surface area contributed by atoms with Crippen LogP contribution in [0.4, 0.5) is 11.4 Å². The van der Waals surface area contributed by atoms with Crippen molar-refractivity contribution in [2.45, 2.75) is 20.8 Å². The van der Waals surface area contributed by atoms with Crippen molar-refractivity contribution in [3.8, 4) is 0 Å². The van der Waals surface area contributed by atoms with Crippen molar-refractivity contribution in [2.75, 3.05) is 38.0 Å². The van der Waals surface area contributed by atoms with Crippen LogP contribution in [0.25, 0.3) is 0 Å². The Bertz CT molecular complexity index is 667. The maximum absolute atomic E-state index is 12.2. The summed E-state index contributed by atoms with van der Waals surface area (Å²) < 4.78 is 0. The van der Waals surface area contributed by atoms with Gasteiger partial charge in [-0.1, -0.05) is 13.8 Å². The molecule has 1 saturated heterocycles. The van der Waals surface area contributed by atoms with Gasteiger partial charge < -0.3 is 10.2 Å². The monoisotopic (exact) mass is 348 g/mol. The summed E-state index contributed by atoms with van der Waals surface area (Å²) in [5.41, 5.74) is 1.22. The number of nitro benzene ring substituents is 1. The van der Waals surface area contributed by atoms with Crippen molar-refractivity contribution in [2.24, 2.45) is 5.92 Å². The maximum Gasteiger partial charge on any atom is 0.269 e. The Morgan fingerprint density at radius 3 is 2.40 bits per heavy atom. The van der Waals surface area contributed by atoms with Crippen LogP contribution in [0.2, 0.25) is 0 Å². The third-order valence-corrected chi connectivity index (χ3v) is 4.24. The Morgan fingerprint density at radius 1 is 1.24 bits per heavy atom. The van der Waals surface area contributed by atoms with Crippen LogP contribution in [0.5, 0.6) is 0 Å². The molecule has 0 atom stereocenters. The molecule has 2 amide bonds. The van der Waals surface area contributed by atoms with E-state index in [4.69, 9.17) is 0 Å². The van der Waals surface area contributed by atoms with Gasteiger partial charge in [0.15, 0.2) is 0 Å². The van der Waals surface area contributed by atoms with Gasteiger partial charge in [0.2, 0.25) is 11.8 Å². The molecular weight excluding hydrogens is 324 g/mol. The molecule has 25 heavy (non-hydrogen) atoms. The van der Waals surface area contributed by atoms with Crippen molar-refractivity contribution in [1.29, 1.82) is 0 Å². The first-order valence-electron chi connectivity index (χ1n) is 8.34. The maximum atomic E-state index is 12.2. The minimum absolute atomic E-state index is 0.00133. The highest BCUT2D eigenvalue weighted by Crippen LogP contribution is 2.21. The summed E-state index contributed by atoms with van der Waals surface area (Å²) in [5, 5.41) is 13.5. The lowest BCUT2D eigenvalue weighted by molar-refractivity contribution is -0.384. The first-order valence-corrected chi connectivity index (χ1v) is 8.34. The Kier molecular flexibility index (Phi) is 6.08. The molecule has 0 aromatic heterocycles. The van der Waals surface area contributed by atoms with Crippen LogP contribution in [0.1, 0.15) is 19.4 Å². The van der Waals surface area contributed by atoms with Gasteiger partial charge in [0.05, 0.1) is 11.5 Å². The van der Waals surface area contributed by atoms with Gasteiger partial charge in [-0.25, -0.2) is 0 Å². The number of anilines is 1. The molecule has 0 unspecified atom stereocenters. The van der Waals surface area contributed by atoms with Crippen LogP contribution in [0.3, 0.4) is 0 Å². The fourth-order valence-corrected chi connectivity index (χ4v) is 2.79. The lowest BCUT2D eigenvalue weighted by atomic mass is 10.1.